The molecule has 0 spiro atoms. The predicted molar refractivity (Wildman–Crippen MR) is 51.4 cm³/mol. The standard InChI is InChI=1S/C10H16N2O/c1-9-6-12(4-3-11-9)7-10-2-5-13-8-10/h2,5,8-9,11H,3-4,6-7H2,1H3/t9-/m0/s1. The molecule has 1 aliphatic rings. The molecule has 3 heteroatoms. The summed E-state index contributed by atoms with van der Waals surface area (Å²) < 4.78 is 5.04. The van der Waals surface area contributed by atoms with Crippen molar-refractivity contribution in [2.24, 2.45) is 0 Å². The number of furan rings is 1. The van der Waals surface area contributed by atoms with Crippen LogP contribution in [0.5, 0.6) is 0 Å². The van der Waals surface area contributed by atoms with Gasteiger partial charge in [0.05, 0.1) is 12.5 Å². The number of hydrogen-bond acceptors (Lipinski definition) is 3. The van der Waals surface area contributed by atoms with Gasteiger partial charge in [-0.1, -0.05) is 0 Å². The van der Waals surface area contributed by atoms with E-state index in [1.165, 1.54) is 5.56 Å². The molecule has 13 heavy (non-hydrogen) atoms. The van der Waals surface area contributed by atoms with Gasteiger partial charge in [-0.25, -0.2) is 0 Å². The summed E-state index contributed by atoms with van der Waals surface area (Å²) in [5.74, 6) is 0. The second-order valence-electron chi connectivity index (χ2n) is 3.72. The molecule has 0 unspecified atom stereocenters. The number of nitrogens with zero attached hydrogens (tertiary/aromatic N) is 1. The van der Waals surface area contributed by atoms with Crippen LogP contribution in [0.3, 0.4) is 0 Å². The van der Waals surface area contributed by atoms with E-state index in [-0.39, 0.29) is 0 Å². The number of rotatable bonds is 2. The maximum absolute atomic E-state index is 5.04. The Bertz CT molecular complexity index is 245. The first-order valence-corrected chi connectivity index (χ1v) is 4.81. The predicted octanol–water partition coefficient (Wildman–Crippen LogP) is 1.07. The van der Waals surface area contributed by atoms with Gasteiger partial charge >= 0.3 is 0 Å². The van der Waals surface area contributed by atoms with E-state index in [9.17, 15) is 0 Å². The monoisotopic (exact) mass is 180 g/mol. The van der Waals surface area contributed by atoms with Crippen LogP contribution in [0.15, 0.2) is 23.0 Å². The number of nitrogens with one attached hydrogen (secondary N) is 1. The van der Waals surface area contributed by atoms with Gasteiger partial charge < -0.3 is 9.73 Å². The molecule has 72 valence electrons. The molecule has 0 radical (unpaired) electrons. The van der Waals surface area contributed by atoms with Crippen LogP contribution in [0.4, 0.5) is 0 Å². The molecule has 2 rings (SSSR count). The smallest absolute Gasteiger partial charge is 0.0947 e. The van der Waals surface area contributed by atoms with Crippen molar-refractivity contribution in [2.45, 2.75) is 19.5 Å². The number of hydrogen-bond donors (Lipinski definition) is 1. The van der Waals surface area contributed by atoms with E-state index >= 15 is 0 Å². The van der Waals surface area contributed by atoms with Gasteiger partial charge in [0, 0.05) is 37.8 Å². The van der Waals surface area contributed by atoms with Crippen LogP contribution in [0, 0.1) is 0 Å². The third kappa shape index (κ3) is 2.32. The molecular formula is C10H16N2O. The van der Waals surface area contributed by atoms with E-state index in [0.717, 1.165) is 26.2 Å². The highest BCUT2D eigenvalue weighted by Crippen LogP contribution is 2.07. The van der Waals surface area contributed by atoms with Crippen molar-refractivity contribution in [3.05, 3.63) is 24.2 Å². The highest BCUT2D eigenvalue weighted by molar-refractivity contribution is 5.05. The molecule has 3 nitrogen and oxygen atoms in total. The zero-order valence-electron chi connectivity index (χ0n) is 7.99. The van der Waals surface area contributed by atoms with Crippen molar-refractivity contribution >= 4 is 0 Å². The average Bonchev–Trinajstić information content (AvgIpc) is 2.57. The fourth-order valence-electron chi connectivity index (χ4n) is 1.80. The van der Waals surface area contributed by atoms with Gasteiger partial charge in [0.2, 0.25) is 0 Å². The largest absolute Gasteiger partial charge is 0.472 e. The van der Waals surface area contributed by atoms with Crippen molar-refractivity contribution in [1.82, 2.24) is 10.2 Å². The Labute approximate surface area is 78.7 Å². The van der Waals surface area contributed by atoms with Crippen LogP contribution in [0.1, 0.15) is 12.5 Å². The van der Waals surface area contributed by atoms with Crippen molar-refractivity contribution in [1.29, 1.82) is 0 Å². The van der Waals surface area contributed by atoms with Gasteiger partial charge in [-0.05, 0) is 13.0 Å². The van der Waals surface area contributed by atoms with Crippen molar-refractivity contribution < 1.29 is 4.42 Å². The first-order chi connectivity index (χ1) is 6.34. The lowest BCUT2D eigenvalue weighted by atomic mass is 10.2. The van der Waals surface area contributed by atoms with Crippen LogP contribution in [0.2, 0.25) is 0 Å². The Morgan fingerprint density at radius 1 is 1.69 bits per heavy atom. The van der Waals surface area contributed by atoms with Crippen LogP contribution in [0.25, 0.3) is 0 Å². The Balaban J connectivity index is 1.87. The second kappa shape index (κ2) is 3.94. The van der Waals surface area contributed by atoms with E-state index in [1.54, 1.807) is 6.26 Å². The molecule has 1 aliphatic heterocycles. The molecule has 0 bridgehead atoms. The summed E-state index contributed by atoms with van der Waals surface area (Å²) in [5, 5.41) is 3.43. The first-order valence-electron chi connectivity index (χ1n) is 4.81. The summed E-state index contributed by atoms with van der Waals surface area (Å²) in [6.45, 7) is 6.60. The Morgan fingerprint density at radius 2 is 2.62 bits per heavy atom. The molecular weight excluding hydrogens is 164 g/mol. The van der Waals surface area contributed by atoms with Crippen LogP contribution in [-0.4, -0.2) is 30.6 Å². The molecule has 0 amide bonds. The minimum Gasteiger partial charge on any atom is -0.472 e. The van der Waals surface area contributed by atoms with Crippen molar-refractivity contribution in [3.63, 3.8) is 0 Å². The molecule has 1 aromatic heterocycles. The third-order valence-electron chi connectivity index (χ3n) is 2.44. The molecule has 0 aromatic carbocycles. The maximum atomic E-state index is 5.04. The molecule has 2 heterocycles. The maximum Gasteiger partial charge on any atom is 0.0947 e. The summed E-state index contributed by atoms with van der Waals surface area (Å²) in [4.78, 5) is 2.45. The van der Waals surface area contributed by atoms with E-state index < -0.39 is 0 Å². The van der Waals surface area contributed by atoms with Gasteiger partial charge in [0.1, 0.15) is 0 Å². The van der Waals surface area contributed by atoms with E-state index in [4.69, 9.17) is 4.42 Å². The normalized spacial score (nSPS) is 24.8. The minimum absolute atomic E-state index is 0.612. The molecule has 0 aliphatic carbocycles. The Hall–Kier alpha value is -0.800. The molecule has 1 aromatic rings. The van der Waals surface area contributed by atoms with Crippen molar-refractivity contribution in [2.75, 3.05) is 19.6 Å². The molecule has 1 N–H and O–H groups in total. The second-order valence-corrected chi connectivity index (χ2v) is 3.72. The van der Waals surface area contributed by atoms with Crippen LogP contribution in [-0.2, 0) is 6.54 Å². The fourth-order valence-corrected chi connectivity index (χ4v) is 1.80. The number of piperazine rings is 1. The molecule has 1 atom stereocenters. The summed E-state index contributed by atoms with van der Waals surface area (Å²) >= 11 is 0. The van der Waals surface area contributed by atoms with Crippen molar-refractivity contribution in [3.8, 4) is 0 Å². The summed E-state index contributed by atoms with van der Waals surface area (Å²) in [6, 6.07) is 2.65. The van der Waals surface area contributed by atoms with Gasteiger partial charge in [-0.15, -0.1) is 0 Å². The quantitative estimate of drug-likeness (QED) is 0.738. The first kappa shape index (κ1) is 8.78. The van der Waals surface area contributed by atoms with Crippen LogP contribution < -0.4 is 5.32 Å². The molecule has 1 saturated heterocycles. The highest BCUT2D eigenvalue weighted by atomic mass is 16.3. The third-order valence-corrected chi connectivity index (χ3v) is 2.44. The van der Waals surface area contributed by atoms with Crippen LogP contribution >= 0.6 is 0 Å². The summed E-state index contributed by atoms with van der Waals surface area (Å²) in [6.07, 6.45) is 3.56. The molecule has 1 fully saturated rings. The topological polar surface area (TPSA) is 28.4 Å². The minimum atomic E-state index is 0.612. The lowest BCUT2D eigenvalue weighted by molar-refractivity contribution is 0.199. The zero-order chi connectivity index (χ0) is 9.10. The van der Waals surface area contributed by atoms with E-state index in [1.807, 2.05) is 12.3 Å². The Kier molecular flexibility index (Phi) is 2.66. The zero-order valence-corrected chi connectivity index (χ0v) is 7.99. The SMILES string of the molecule is C[C@H]1CN(Cc2ccoc2)CCN1. The van der Waals surface area contributed by atoms with E-state index in [0.29, 0.717) is 6.04 Å². The van der Waals surface area contributed by atoms with Gasteiger partial charge in [-0.2, -0.15) is 0 Å². The summed E-state index contributed by atoms with van der Waals surface area (Å²) in [5.41, 5.74) is 1.27. The Morgan fingerprint density at radius 3 is 3.31 bits per heavy atom. The average molecular weight is 180 g/mol. The fraction of sp³-hybridized carbons (Fsp3) is 0.600. The van der Waals surface area contributed by atoms with Gasteiger partial charge in [0.15, 0.2) is 0 Å². The molecule has 0 saturated carbocycles. The lowest BCUT2D eigenvalue weighted by Crippen LogP contribution is -2.48. The lowest BCUT2D eigenvalue weighted by Gasteiger charge is -2.31. The van der Waals surface area contributed by atoms with Gasteiger partial charge in [-0.3, -0.25) is 4.90 Å². The van der Waals surface area contributed by atoms with E-state index in [2.05, 4.69) is 17.1 Å². The highest BCUT2D eigenvalue weighted by Gasteiger charge is 2.15. The summed E-state index contributed by atoms with van der Waals surface area (Å²) in [7, 11) is 0. The van der Waals surface area contributed by atoms with Gasteiger partial charge in [0.25, 0.3) is 0 Å².